The minimum absolute atomic E-state index is 0.0505. The van der Waals surface area contributed by atoms with Gasteiger partial charge in [0.05, 0.1) is 13.1 Å². The van der Waals surface area contributed by atoms with Gasteiger partial charge < -0.3 is 9.63 Å². The molecule has 0 radical (unpaired) electrons. The number of rotatable bonds is 6. The summed E-state index contributed by atoms with van der Waals surface area (Å²) in [6, 6.07) is 7.58. The average Bonchev–Trinajstić information content (AvgIpc) is 2.86. The summed E-state index contributed by atoms with van der Waals surface area (Å²) in [5.74, 6) is 0.0225. The number of nitrogens with zero attached hydrogens (tertiary/aromatic N) is 3. The lowest BCUT2D eigenvalue weighted by atomic mass is 10.2. The molecule has 0 saturated heterocycles. The molecule has 1 N–H and O–H groups in total. The first kappa shape index (κ1) is 14.7. The predicted molar refractivity (Wildman–Crippen MR) is 76.0 cm³/mol. The zero-order valence-corrected chi connectivity index (χ0v) is 12.5. The summed E-state index contributed by atoms with van der Waals surface area (Å²) in [6.07, 6.45) is 0. The third-order valence-electron chi connectivity index (χ3n) is 2.72. The van der Waals surface area contributed by atoms with Gasteiger partial charge >= 0.3 is 5.97 Å². The molecule has 1 aromatic heterocycles. The van der Waals surface area contributed by atoms with Crippen molar-refractivity contribution in [1.82, 2.24) is 15.0 Å². The van der Waals surface area contributed by atoms with Gasteiger partial charge in [-0.2, -0.15) is 4.98 Å². The molecule has 1 aromatic carbocycles. The van der Waals surface area contributed by atoms with Crippen LogP contribution < -0.4 is 0 Å². The molecule has 6 nitrogen and oxygen atoms in total. The van der Waals surface area contributed by atoms with Gasteiger partial charge in [0.15, 0.2) is 0 Å². The minimum atomic E-state index is -0.876. The molecule has 20 heavy (non-hydrogen) atoms. The lowest BCUT2D eigenvalue weighted by Crippen LogP contribution is -2.29. The van der Waals surface area contributed by atoms with E-state index < -0.39 is 5.97 Å². The molecule has 0 aliphatic rings. The molecule has 0 bridgehead atoms. The molecule has 0 fully saturated rings. The predicted octanol–water partition coefficient (Wildman–Crippen LogP) is 2.41. The number of carboxylic acid groups (broad SMARTS) is 1. The fourth-order valence-electron chi connectivity index (χ4n) is 1.73. The second kappa shape index (κ2) is 6.62. The number of benzene rings is 1. The number of carbonyl (C=O) groups is 1. The Morgan fingerprint density at radius 2 is 2.30 bits per heavy atom. The van der Waals surface area contributed by atoms with Gasteiger partial charge in [-0.1, -0.05) is 40.1 Å². The van der Waals surface area contributed by atoms with Crippen molar-refractivity contribution in [2.75, 3.05) is 13.1 Å². The van der Waals surface area contributed by atoms with Crippen LogP contribution in [0.15, 0.2) is 33.3 Å². The molecule has 0 atom stereocenters. The van der Waals surface area contributed by atoms with E-state index in [9.17, 15) is 4.79 Å². The van der Waals surface area contributed by atoms with Gasteiger partial charge in [0.1, 0.15) is 0 Å². The van der Waals surface area contributed by atoms with Gasteiger partial charge in [-0.25, -0.2) is 0 Å². The first-order valence-electron chi connectivity index (χ1n) is 6.11. The minimum Gasteiger partial charge on any atom is -0.480 e. The van der Waals surface area contributed by atoms with Crippen LogP contribution in [0.3, 0.4) is 0 Å². The monoisotopic (exact) mass is 339 g/mol. The number of hydrogen-bond acceptors (Lipinski definition) is 5. The van der Waals surface area contributed by atoms with E-state index in [4.69, 9.17) is 9.63 Å². The average molecular weight is 340 g/mol. The fourth-order valence-corrected chi connectivity index (χ4v) is 2.13. The van der Waals surface area contributed by atoms with Crippen molar-refractivity contribution in [3.05, 3.63) is 34.6 Å². The van der Waals surface area contributed by atoms with Gasteiger partial charge in [-0.3, -0.25) is 9.69 Å². The van der Waals surface area contributed by atoms with Crippen molar-refractivity contribution in [2.24, 2.45) is 0 Å². The van der Waals surface area contributed by atoms with Crippen LogP contribution in [0.1, 0.15) is 12.8 Å². The highest BCUT2D eigenvalue weighted by Crippen LogP contribution is 2.20. The van der Waals surface area contributed by atoms with E-state index in [0.29, 0.717) is 24.8 Å². The number of hydrogen-bond donors (Lipinski definition) is 1. The smallest absolute Gasteiger partial charge is 0.317 e. The topological polar surface area (TPSA) is 79.5 Å². The highest BCUT2D eigenvalue weighted by Gasteiger charge is 2.14. The molecular weight excluding hydrogens is 326 g/mol. The maximum atomic E-state index is 10.7. The Morgan fingerprint density at radius 1 is 1.50 bits per heavy atom. The third kappa shape index (κ3) is 3.88. The van der Waals surface area contributed by atoms with Gasteiger partial charge in [-0.15, -0.1) is 0 Å². The van der Waals surface area contributed by atoms with Crippen LogP contribution >= 0.6 is 15.9 Å². The molecule has 2 aromatic rings. The van der Waals surface area contributed by atoms with Crippen molar-refractivity contribution in [3.63, 3.8) is 0 Å². The van der Waals surface area contributed by atoms with Crippen molar-refractivity contribution in [3.8, 4) is 11.4 Å². The summed E-state index contributed by atoms with van der Waals surface area (Å²) < 4.78 is 6.09. The summed E-state index contributed by atoms with van der Waals surface area (Å²) in [6.45, 7) is 2.75. The van der Waals surface area contributed by atoms with Gasteiger partial charge in [0, 0.05) is 10.0 Å². The molecule has 0 aliphatic heterocycles. The highest BCUT2D eigenvalue weighted by atomic mass is 79.9. The second-order valence-electron chi connectivity index (χ2n) is 4.22. The maximum absolute atomic E-state index is 10.7. The van der Waals surface area contributed by atoms with Crippen LogP contribution in [-0.2, 0) is 11.3 Å². The number of carboxylic acids is 1. The van der Waals surface area contributed by atoms with E-state index in [1.165, 1.54) is 0 Å². The van der Waals surface area contributed by atoms with E-state index in [-0.39, 0.29) is 6.54 Å². The molecule has 7 heteroatoms. The maximum Gasteiger partial charge on any atom is 0.317 e. The molecule has 1 heterocycles. The van der Waals surface area contributed by atoms with E-state index in [1.807, 2.05) is 31.2 Å². The largest absolute Gasteiger partial charge is 0.480 e. The molecule has 0 saturated carbocycles. The number of aliphatic carboxylic acids is 1. The third-order valence-corrected chi connectivity index (χ3v) is 3.21. The first-order valence-corrected chi connectivity index (χ1v) is 6.90. The number of halogens is 1. The number of aromatic nitrogens is 2. The molecule has 2 rings (SSSR count). The Morgan fingerprint density at radius 3 is 2.95 bits per heavy atom. The molecule has 0 aliphatic carbocycles. The Balaban J connectivity index is 2.10. The van der Waals surface area contributed by atoms with Crippen LogP contribution in [0.4, 0.5) is 0 Å². The van der Waals surface area contributed by atoms with Gasteiger partial charge in [0.25, 0.3) is 0 Å². The standard InChI is InChI=1S/C13H14BrN3O3/c1-2-17(8-12(18)19)7-11-15-13(16-20-11)9-4-3-5-10(14)6-9/h3-6H,2,7-8H2,1H3,(H,18,19). The molecule has 0 amide bonds. The lowest BCUT2D eigenvalue weighted by Gasteiger charge is -2.14. The molecule has 106 valence electrons. The van der Waals surface area contributed by atoms with E-state index in [1.54, 1.807) is 4.90 Å². The van der Waals surface area contributed by atoms with Crippen molar-refractivity contribution >= 4 is 21.9 Å². The fraction of sp³-hybridized carbons (Fsp3) is 0.308. The van der Waals surface area contributed by atoms with Crippen molar-refractivity contribution < 1.29 is 14.4 Å². The summed E-state index contributed by atoms with van der Waals surface area (Å²) in [5.41, 5.74) is 0.843. The summed E-state index contributed by atoms with van der Waals surface area (Å²) in [4.78, 5) is 16.7. The molecular formula is C13H14BrN3O3. The normalized spacial score (nSPS) is 10.9. The quantitative estimate of drug-likeness (QED) is 0.870. The van der Waals surface area contributed by atoms with Gasteiger partial charge in [0.2, 0.25) is 11.7 Å². The van der Waals surface area contributed by atoms with E-state index >= 15 is 0 Å². The summed E-state index contributed by atoms with van der Waals surface area (Å²) in [5, 5.41) is 12.7. The van der Waals surface area contributed by atoms with Crippen LogP contribution in [0, 0.1) is 0 Å². The zero-order chi connectivity index (χ0) is 14.5. The summed E-state index contributed by atoms with van der Waals surface area (Å²) in [7, 11) is 0. The molecule has 0 unspecified atom stereocenters. The first-order chi connectivity index (χ1) is 9.58. The Bertz CT molecular complexity index is 600. The van der Waals surface area contributed by atoms with Crippen molar-refractivity contribution in [1.29, 1.82) is 0 Å². The Hall–Kier alpha value is -1.73. The Kier molecular flexibility index (Phi) is 4.86. The zero-order valence-electron chi connectivity index (χ0n) is 10.9. The summed E-state index contributed by atoms with van der Waals surface area (Å²) >= 11 is 3.39. The van der Waals surface area contributed by atoms with Crippen LogP contribution in [0.2, 0.25) is 0 Å². The van der Waals surface area contributed by atoms with Crippen LogP contribution in [0.25, 0.3) is 11.4 Å². The lowest BCUT2D eigenvalue weighted by molar-refractivity contribution is -0.138. The van der Waals surface area contributed by atoms with Crippen LogP contribution in [0.5, 0.6) is 0 Å². The highest BCUT2D eigenvalue weighted by molar-refractivity contribution is 9.10. The second-order valence-corrected chi connectivity index (χ2v) is 5.13. The van der Waals surface area contributed by atoms with Crippen LogP contribution in [-0.4, -0.2) is 39.2 Å². The van der Waals surface area contributed by atoms with E-state index in [0.717, 1.165) is 10.0 Å². The Labute approximate surface area is 124 Å². The molecule has 0 spiro atoms. The van der Waals surface area contributed by atoms with Gasteiger partial charge in [-0.05, 0) is 18.7 Å². The SMILES string of the molecule is CCN(CC(=O)O)Cc1nc(-c2cccc(Br)c2)no1. The number of likely N-dealkylation sites (N-methyl/N-ethyl adjacent to an activating group) is 1. The van der Waals surface area contributed by atoms with E-state index in [2.05, 4.69) is 26.1 Å². The van der Waals surface area contributed by atoms with Crippen molar-refractivity contribution in [2.45, 2.75) is 13.5 Å².